The predicted octanol–water partition coefficient (Wildman–Crippen LogP) is 2.17. The van der Waals surface area contributed by atoms with Crippen LogP contribution in [0.15, 0.2) is 35.4 Å². The summed E-state index contributed by atoms with van der Waals surface area (Å²) in [6, 6.07) is 2.88. The minimum absolute atomic E-state index is 0.146. The minimum atomic E-state index is -4.55. The van der Waals surface area contributed by atoms with Crippen LogP contribution in [0, 0.1) is 10.1 Å². The smallest absolute Gasteiger partial charge is 0.352 e. The zero-order chi connectivity index (χ0) is 22.1. The van der Waals surface area contributed by atoms with Gasteiger partial charge in [-0.05, 0) is 6.07 Å². The van der Waals surface area contributed by atoms with Crippen LogP contribution in [0.2, 0.25) is 5.02 Å². The molecule has 1 fully saturated rings. The second-order valence-corrected chi connectivity index (χ2v) is 6.91. The van der Waals surface area contributed by atoms with Crippen LogP contribution in [0.5, 0.6) is 0 Å². The zero-order valence-corrected chi connectivity index (χ0v) is 16.1. The third kappa shape index (κ3) is 4.70. The van der Waals surface area contributed by atoms with Gasteiger partial charge in [0.1, 0.15) is 12.4 Å². The molecule has 1 aliphatic heterocycles. The fourth-order valence-electron chi connectivity index (χ4n) is 2.98. The van der Waals surface area contributed by atoms with Gasteiger partial charge in [0.05, 0.1) is 21.7 Å². The largest absolute Gasteiger partial charge is 0.417 e. The van der Waals surface area contributed by atoms with Crippen molar-refractivity contribution in [2.45, 2.75) is 12.7 Å². The molecule has 0 saturated carbocycles. The molecule has 30 heavy (non-hydrogen) atoms. The lowest BCUT2D eigenvalue weighted by Gasteiger charge is -2.36. The van der Waals surface area contributed by atoms with Crippen LogP contribution in [-0.4, -0.2) is 51.5 Å². The van der Waals surface area contributed by atoms with Crippen LogP contribution in [0.3, 0.4) is 0 Å². The van der Waals surface area contributed by atoms with Gasteiger partial charge in [-0.25, -0.2) is 4.98 Å². The van der Waals surface area contributed by atoms with E-state index in [9.17, 15) is 32.9 Å². The summed E-state index contributed by atoms with van der Waals surface area (Å²) in [5, 5.41) is 10.7. The molecule has 0 radical (unpaired) electrons. The molecule has 9 nitrogen and oxygen atoms in total. The van der Waals surface area contributed by atoms with E-state index in [0.29, 0.717) is 6.20 Å². The van der Waals surface area contributed by atoms with E-state index in [1.54, 1.807) is 4.90 Å². The summed E-state index contributed by atoms with van der Waals surface area (Å²) in [5.74, 6) is -0.226. The van der Waals surface area contributed by atoms with Crippen LogP contribution in [0.4, 0.5) is 24.7 Å². The number of piperazine rings is 1. The predicted molar refractivity (Wildman–Crippen MR) is 100 cm³/mol. The number of carbonyl (C=O) groups excluding carboxylic acids is 1. The van der Waals surface area contributed by atoms with E-state index in [2.05, 4.69) is 4.98 Å². The van der Waals surface area contributed by atoms with Crippen molar-refractivity contribution in [1.82, 2.24) is 14.5 Å². The highest BCUT2D eigenvalue weighted by molar-refractivity contribution is 6.33. The number of nitrogens with zero attached hydrogens (tertiary/aromatic N) is 5. The average Bonchev–Trinajstić information content (AvgIpc) is 2.69. The van der Waals surface area contributed by atoms with E-state index in [1.807, 2.05) is 0 Å². The molecule has 13 heteroatoms. The Morgan fingerprint density at radius 1 is 1.23 bits per heavy atom. The van der Waals surface area contributed by atoms with Crippen molar-refractivity contribution in [2.75, 3.05) is 31.1 Å². The second kappa shape index (κ2) is 8.30. The number of anilines is 1. The summed E-state index contributed by atoms with van der Waals surface area (Å²) in [5.41, 5.74) is -1.81. The first kappa shape index (κ1) is 21.6. The molecule has 0 aromatic carbocycles. The highest BCUT2D eigenvalue weighted by Gasteiger charge is 2.32. The highest BCUT2D eigenvalue weighted by atomic mass is 35.5. The summed E-state index contributed by atoms with van der Waals surface area (Å²) in [6.07, 6.45) is -2.85. The molecule has 0 aliphatic carbocycles. The molecule has 0 N–H and O–H groups in total. The van der Waals surface area contributed by atoms with Crippen molar-refractivity contribution in [3.63, 3.8) is 0 Å². The van der Waals surface area contributed by atoms with Crippen molar-refractivity contribution in [3.8, 4) is 0 Å². The van der Waals surface area contributed by atoms with Gasteiger partial charge in [0.25, 0.3) is 11.2 Å². The molecule has 0 spiro atoms. The summed E-state index contributed by atoms with van der Waals surface area (Å²) in [6.45, 7) is 0.629. The topological polar surface area (TPSA) is 102 Å². The molecule has 1 saturated heterocycles. The second-order valence-electron chi connectivity index (χ2n) is 6.51. The van der Waals surface area contributed by atoms with E-state index in [4.69, 9.17) is 11.6 Å². The SMILES string of the molecule is O=C(Cn1cc([N+](=O)[O-])ccc1=O)N1CCN(c2ncc(C(F)(F)F)cc2Cl)CC1. The molecule has 0 unspecified atom stereocenters. The molecular weight excluding hydrogens is 431 g/mol. The van der Waals surface area contributed by atoms with Gasteiger partial charge in [-0.15, -0.1) is 0 Å². The zero-order valence-electron chi connectivity index (χ0n) is 15.3. The Hall–Kier alpha value is -3.15. The van der Waals surface area contributed by atoms with Crippen LogP contribution in [0.25, 0.3) is 0 Å². The Kier molecular flexibility index (Phi) is 5.97. The lowest BCUT2D eigenvalue weighted by Crippen LogP contribution is -2.50. The molecule has 3 rings (SSSR count). The maximum Gasteiger partial charge on any atom is 0.417 e. The summed E-state index contributed by atoms with van der Waals surface area (Å²) >= 11 is 5.96. The highest BCUT2D eigenvalue weighted by Crippen LogP contribution is 2.33. The van der Waals surface area contributed by atoms with E-state index in [1.165, 1.54) is 4.90 Å². The van der Waals surface area contributed by atoms with Gasteiger partial charge < -0.3 is 9.80 Å². The quantitative estimate of drug-likeness (QED) is 0.528. The number of hydrogen-bond acceptors (Lipinski definition) is 6. The number of rotatable bonds is 4. The van der Waals surface area contributed by atoms with Gasteiger partial charge in [-0.2, -0.15) is 13.2 Å². The van der Waals surface area contributed by atoms with Gasteiger partial charge in [0.15, 0.2) is 0 Å². The van der Waals surface area contributed by atoms with E-state index in [-0.39, 0.29) is 49.3 Å². The summed E-state index contributed by atoms with van der Waals surface area (Å²) in [7, 11) is 0. The number of carbonyl (C=O) groups is 1. The first-order valence-electron chi connectivity index (χ1n) is 8.66. The number of pyridine rings is 2. The molecule has 0 bridgehead atoms. The Balaban J connectivity index is 1.65. The number of alkyl halides is 3. The molecular formula is C17H15ClF3N5O4. The van der Waals surface area contributed by atoms with Gasteiger partial charge in [0, 0.05) is 44.5 Å². The lowest BCUT2D eigenvalue weighted by atomic mass is 10.2. The standard InChI is InChI=1S/C17H15ClF3N5O4/c18-13-7-11(17(19,20)21)8-22-16(13)24-5-3-23(4-6-24)15(28)10-25-9-12(26(29)30)1-2-14(25)27/h1-2,7-9H,3-6,10H2. The number of halogens is 4. The normalized spacial score (nSPS) is 14.7. The van der Waals surface area contributed by atoms with Crippen molar-refractivity contribution < 1.29 is 22.9 Å². The van der Waals surface area contributed by atoms with Gasteiger partial charge in [0.2, 0.25) is 5.91 Å². The van der Waals surface area contributed by atoms with Crippen LogP contribution in [-0.2, 0) is 17.5 Å². The number of hydrogen-bond donors (Lipinski definition) is 0. The monoisotopic (exact) mass is 445 g/mol. The van der Waals surface area contributed by atoms with Gasteiger partial charge in [-0.3, -0.25) is 24.3 Å². The number of aromatic nitrogens is 2. The average molecular weight is 446 g/mol. The molecule has 0 atom stereocenters. The molecule has 2 aromatic rings. The van der Waals surface area contributed by atoms with Crippen molar-refractivity contribution in [1.29, 1.82) is 0 Å². The maximum absolute atomic E-state index is 12.7. The third-order valence-corrected chi connectivity index (χ3v) is 4.84. The Labute approximate surface area is 172 Å². The van der Waals surface area contributed by atoms with Crippen molar-refractivity contribution in [2.24, 2.45) is 0 Å². The minimum Gasteiger partial charge on any atom is -0.352 e. The summed E-state index contributed by atoms with van der Waals surface area (Å²) in [4.78, 5) is 41.4. The first-order valence-corrected chi connectivity index (χ1v) is 9.04. The third-order valence-electron chi connectivity index (χ3n) is 4.57. The molecule has 2 aromatic heterocycles. The Morgan fingerprint density at radius 2 is 1.90 bits per heavy atom. The molecule has 160 valence electrons. The van der Waals surface area contributed by atoms with Gasteiger partial charge in [-0.1, -0.05) is 11.6 Å². The van der Waals surface area contributed by atoms with E-state index >= 15 is 0 Å². The number of nitro groups is 1. The van der Waals surface area contributed by atoms with E-state index < -0.39 is 28.1 Å². The first-order chi connectivity index (χ1) is 14.1. The van der Waals surface area contributed by atoms with Crippen molar-refractivity contribution >= 4 is 29.0 Å². The maximum atomic E-state index is 12.7. The van der Waals surface area contributed by atoms with Gasteiger partial charge >= 0.3 is 6.18 Å². The van der Waals surface area contributed by atoms with Crippen LogP contribution in [0.1, 0.15) is 5.56 Å². The summed E-state index contributed by atoms with van der Waals surface area (Å²) < 4.78 is 39.2. The number of amides is 1. The fraction of sp³-hybridized carbons (Fsp3) is 0.353. The Bertz CT molecular complexity index is 1030. The van der Waals surface area contributed by atoms with Crippen molar-refractivity contribution in [3.05, 3.63) is 61.6 Å². The lowest BCUT2D eigenvalue weighted by molar-refractivity contribution is -0.385. The van der Waals surface area contributed by atoms with E-state index in [0.717, 1.165) is 29.0 Å². The molecule has 3 heterocycles. The molecule has 1 aliphatic rings. The van der Waals surface area contributed by atoms with Crippen LogP contribution >= 0.6 is 11.6 Å². The van der Waals surface area contributed by atoms with Crippen LogP contribution < -0.4 is 10.5 Å². The fourth-order valence-corrected chi connectivity index (χ4v) is 3.27. The Morgan fingerprint density at radius 3 is 2.47 bits per heavy atom. The molecule has 1 amide bonds.